The van der Waals surface area contributed by atoms with Gasteiger partial charge in [0.15, 0.2) is 0 Å². The van der Waals surface area contributed by atoms with Crippen LogP contribution in [0.15, 0.2) is 48.5 Å². The molecule has 0 radical (unpaired) electrons. The zero-order chi connectivity index (χ0) is 24.1. The number of rotatable bonds is 8. The number of carboxylic acid groups (broad SMARTS) is 1. The maximum Gasteiger partial charge on any atom is 0.407 e. The van der Waals surface area contributed by atoms with E-state index in [2.05, 4.69) is 29.6 Å². The fourth-order valence-electron chi connectivity index (χ4n) is 5.10. The number of alkyl carbamates (subject to hydrolysis) is 1. The van der Waals surface area contributed by atoms with Crippen LogP contribution < -0.4 is 5.32 Å². The van der Waals surface area contributed by atoms with E-state index in [0.717, 1.165) is 47.9 Å². The zero-order valence-corrected chi connectivity index (χ0v) is 19.5. The zero-order valence-electron chi connectivity index (χ0n) is 19.5. The molecule has 0 bridgehead atoms. The largest absolute Gasteiger partial charge is 0.480 e. The summed E-state index contributed by atoms with van der Waals surface area (Å²) in [6, 6.07) is 14.6. The number of likely N-dealkylation sites (tertiary alicyclic amines) is 1. The van der Waals surface area contributed by atoms with Gasteiger partial charge in [-0.2, -0.15) is 0 Å². The van der Waals surface area contributed by atoms with Gasteiger partial charge in [-0.15, -0.1) is 0 Å². The summed E-state index contributed by atoms with van der Waals surface area (Å²) in [7, 11) is 0. The number of aliphatic carboxylic acids is 1. The maximum absolute atomic E-state index is 13.2. The van der Waals surface area contributed by atoms with Gasteiger partial charge in [0, 0.05) is 12.5 Å². The fourth-order valence-corrected chi connectivity index (χ4v) is 5.10. The van der Waals surface area contributed by atoms with Crippen molar-refractivity contribution in [3.63, 3.8) is 0 Å². The Bertz CT molecular complexity index is 1010. The Kier molecular flexibility index (Phi) is 7.50. The Morgan fingerprint density at radius 3 is 2.32 bits per heavy atom. The van der Waals surface area contributed by atoms with E-state index in [1.54, 1.807) is 0 Å². The molecule has 180 valence electrons. The number of ether oxygens (including phenoxy) is 1. The molecule has 34 heavy (non-hydrogen) atoms. The number of benzene rings is 2. The lowest BCUT2D eigenvalue weighted by molar-refractivity contribution is -0.153. The van der Waals surface area contributed by atoms with Crippen LogP contribution in [0.3, 0.4) is 0 Å². The van der Waals surface area contributed by atoms with E-state index in [1.165, 1.54) is 4.90 Å². The molecule has 1 aliphatic carbocycles. The Balaban J connectivity index is 1.44. The molecule has 4 rings (SSSR count). The molecule has 7 heteroatoms. The lowest BCUT2D eigenvalue weighted by Crippen LogP contribution is -2.55. The first-order valence-corrected chi connectivity index (χ1v) is 12.2. The Morgan fingerprint density at radius 1 is 1.06 bits per heavy atom. The third-order valence-corrected chi connectivity index (χ3v) is 6.85. The topological polar surface area (TPSA) is 95.9 Å². The molecule has 2 atom stereocenters. The van der Waals surface area contributed by atoms with Crippen molar-refractivity contribution >= 4 is 18.0 Å². The minimum Gasteiger partial charge on any atom is -0.480 e. The molecular weight excluding hydrogens is 432 g/mol. The van der Waals surface area contributed by atoms with E-state index < -0.39 is 24.1 Å². The monoisotopic (exact) mass is 464 g/mol. The normalized spacial score (nSPS) is 18.0. The van der Waals surface area contributed by atoms with Crippen LogP contribution in [-0.4, -0.2) is 53.2 Å². The van der Waals surface area contributed by atoms with Gasteiger partial charge in [0.2, 0.25) is 5.91 Å². The summed E-state index contributed by atoms with van der Waals surface area (Å²) in [6.07, 6.45) is 3.38. The molecule has 1 saturated heterocycles. The SMILES string of the molecule is CCCCC(NC(=O)OCC1c2ccccc2-c2ccccc21)C(=O)N1CCCC[C@@H]1C(=O)O. The number of amides is 2. The smallest absolute Gasteiger partial charge is 0.407 e. The van der Waals surface area contributed by atoms with Crippen molar-refractivity contribution in [1.82, 2.24) is 10.2 Å². The lowest BCUT2D eigenvalue weighted by Gasteiger charge is -2.35. The second-order valence-corrected chi connectivity index (χ2v) is 9.05. The highest BCUT2D eigenvalue weighted by molar-refractivity contribution is 5.89. The summed E-state index contributed by atoms with van der Waals surface area (Å²) in [5.74, 6) is -1.40. The average Bonchev–Trinajstić information content (AvgIpc) is 3.18. The molecule has 2 aromatic rings. The molecule has 2 aliphatic rings. The van der Waals surface area contributed by atoms with Gasteiger partial charge in [-0.05, 0) is 47.9 Å². The number of unbranched alkanes of at least 4 members (excludes halogenated alkanes) is 1. The standard InChI is InChI=1S/C27H32N2O5/c1-2-3-14-23(25(30)29-16-9-8-15-24(29)26(31)32)28-27(33)34-17-22-20-12-6-4-10-18(20)19-11-5-7-13-21(19)22/h4-7,10-13,22-24H,2-3,8-9,14-17H2,1H3,(H,28,33)(H,31,32)/t23?,24-/m1/s1. The van der Waals surface area contributed by atoms with Crippen molar-refractivity contribution in [2.24, 2.45) is 0 Å². The third kappa shape index (κ3) is 4.93. The van der Waals surface area contributed by atoms with Crippen LogP contribution in [0.2, 0.25) is 0 Å². The van der Waals surface area contributed by atoms with Gasteiger partial charge in [0.25, 0.3) is 0 Å². The predicted molar refractivity (Wildman–Crippen MR) is 129 cm³/mol. The Morgan fingerprint density at radius 2 is 1.71 bits per heavy atom. The number of fused-ring (bicyclic) bond motifs is 3. The number of hydrogen-bond acceptors (Lipinski definition) is 4. The molecule has 2 aromatic carbocycles. The number of carbonyl (C=O) groups excluding carboxylic acids is 2. The van der Waals surface area contributed by atoms with Gasteiger partial charge >= 0.3 is 12.1 Å². The average molecular weight is 465 g/mol. The summed E-state index contributed by atoms with van der Waals surface area (Å²) in [5.41, 5.74) is 4.53. The van der Waals surface area contributed by atoms with Gasteiger partial charge in [0.1, 0.15) is 18.7 Å². The second-order valence-electron chi connectivity index (χ2n) is 9.05. The fraction of sp³-hybridized carbons (Fsp3) is 0.444. The summed E-state index contributed by atoms with van der Waals surface area (Å²) in [5, 5.41) is 12.3. The molecule has 1 fully saturated rings. The highest BCUT2D eigenvalue weighted by atomic mass is 16.5. The lowest BCUT2D eigenvalue weighted by atomic mass is 9.98. The molecule has 0 aromatic heterocycles. The molecule has 0 spiro atoms. The number of nitrogens with one attached hydrogen (secondary N) is 1. The highest BCUT2D eigenvalue weighted by Gasteiger charge is 2.36. The van der Waals surface area contributed by atoms with E-state index in [4.69, 9.17) is 4.74 Å². The molecule has 1 aliphatic heterocycles. The van der Waals surface area contributed by atoms with Gasteiger partial charge in [-0.25, -0.2) is 9.59 Å². The molecule has 7 nitrogen and oxygen atoms in total. The van der Waals surface area contributed by atoms with Gasteiger partial charge in [-0.1, -0.05) is 68.3 Å². The predicted octanol–water partition coefficient (Wildman–Crippen LogP) is 4.55. The van der Waals surface area contributed by atoms with Crippen LogP contribution >= 0.6 is 0 Å². The summed E-state index contributed by atoms with van der Waals surface area (Å²) < 4.78 is 5.62. The summed E-state index contributed by atoms with van der Waals surface area (Å²) >= 11 is 0. The number of hydrogen-bond donors (Lipinski definition) is 2. The minimum atomic E-state index is -0.997. The van der Waals surface area contributed by atoms with Crippen LogP contribution in [0.5, 0.6) is 0 Å². The molecule has 1 unspecified atom stereocenters. The number of piperidine rings is 1. The van der Waals surface area contributed by atoms with Gasteiger partial charge < -0.3 is 20.1 Å². The van der Waals surface area contributed by atoms with E-state index in [9.17, 15) is 19.5 Å². The van der Waals surface area contributed by atoms with Crippen molar-refractivity contribution in [3.05, 3.63) is 59.7 Å². The number of nitrogens with zero attached hydrogens (tertiary/aromatic N) is 1. The molecule has 0 saturated carbocycles. The Labute approximate surface area is 200 Å². The Hall–Kier alpha value is -3.35. The first-order chi connectivity index (χ1) is 16.5. The third-order valence-electron chi connectivity index (χ3n) is 6.85. The van der Waals surface area contributed by atoms with E-state index in [1.807, 2.05) is 31.2 Å². The van der Waals surface area contributed by atoms with Crippen molar-refractivity contribution in [3.8, 4) is 11.1 Å². The van der Waals surface area contributed by atoms with Crippen molar-refractivity contribution in [2.75, 3.05) is 13.2 Å². The van der Waals surface area contributed by atoms with Crippen molar-refractivity contribution in [2.45, 2.75) is 63.5 Å². The maximum atomic E-state index is 13.2. The summed E-state index contributed by atoms with van der Waals surface area (Å²) in [4.78, 5) is 39.1. The van der Waals surface area contributed by atoms with Crippen molar-refractivity contribution < 1.29 is 24.2 Å². The van der Waals surface area contributed by atoms with Crippen molar-refractivity contribution in [1.29, 1.82) is 0 Å². The van der Waals surface area contributed by atoms with E-state index >= 15 is 0 Å². The van der Waals surface area contributed by atoms with Crippen LogP contribution in [0.25, 0.3) is 11.1 Å². The molecule has 2 N–H and O–H groups in total. The molecular formula is C27H32N2O5. The first-order valence-electron chi connectivity index (χ1n) is 12.2. The van der Waals surface area contributed by atoms with Gasteiger partial charge in [-0.3, -0.25) is 4.79 Å². The highest BCUT2D eigenvalue weighted by Crippen LogP contribution is 2.44. The summed E-state index contributed by atoms with van der Waals surface area (Å²) in [6.45, 7) is 2.57. The number of carboxylic acids is 1. The van der Waals surface area contributed by atoms with Gasteiger partial charge in [0.05, 0.1) is 0 Å². The van der Waals surface area contributed by atoms with E-state index in [-0.39, 0.29) is 18.4 Å². The van der Waals surface area contributed by atoms with Crippen LogP contribution in [0.4, 0.5) is 4.79 Å². The first kappa shape index (κ1) is 23.8. The molecule has 2 amide bonds. The van der Waals surface area contributed by atoms with E-state index in [0.29, 0.717) is 19.4 Å². The van der Waals surface area contributed by atoms with Crippen LogP contribution in [0.1, 0.15) is 62.5 Å². The quantitative estimate of drug-likeness (QED) is 0.598. The number of carbonyl (C=O) groups is 3. The minimum absolute atomic E-state index is 0.0681. The van der Waals surface area contributed by atoms with Crippen LogP contribution in [-0.2, 0) is 14.3 Å². The second kappa shape index (κ2) is 10.7. The molecule has 1 heterocycles. The van der Waals surface area contributed by atoms with Crippen LogP contribution in [0, 0.1) is 0 Å².